The molecule has 3 rings (SSSR count). The van der Waals surface area contributed by atoms with Gasteiger partial charge in [-0.25, -0.2) is 9.78 Å². The monoisotopic (exact) mass is 251 g/mol. The molecule has 1 saturated carbocycles. The van der Waals surface area contributed by atoms with Crippen molar-refractivity contribution in [1.82, 2.24) is 14.8 Å². The van der Waals surface area contributed by atoms with Crippen molar-refractivity contribution in [2.45, 2.75) is 18.8 Å². The lowest BCUT2D eigenvalue weighted by molar-refractivity contribution is 0.0697. The van der Waals surface area contributed by atoms with Crippen LogP contribution in [0.4, 0.5) is 0 Å². The van der Waals surface area contributed by atoms with E-state index < -0.39 is 5.97 Å². The highest BCUT2D eigenvalue weighted by molar-refractivity contribution is 6.38. The molecule has 0 atom stereocenters. The molecule has 1 N–H and O–H groups in total. The topological polar surface area (TPSA) is 68.0 Å². The van der Waals surface area contributed by atoms with E-state index in [2.05, 4.69) is 10.1 Å². The number of aryl methyl sites for hydroxylation is 1. The first-order valence-corrected chi connectivity index (χ1v) is 5.71. The summed E-state index contributed by atoms with van der Waals surface area (Å²) in [6, 6.07) is 0. The number of rotatable bonds is 2. The van der Waals surface area contributed by atoms with Gasteiger partial charge in [0.15, 0.2) is 5.65 Å². The molecule has 0 unspecified atom stereocenters. The Balaban J connectivity index is 2.36. The van der Waals surface area contributed by atoms with Gasteiger partial charge in [0.05, 0.1) is 21.7 Å². The number of carboxylic acid groups (broad SMARTS) is 1. The van der Waals surface area contributed by atoms with Gasteiger partial charge in [0, 0.05) is 19.2 Å². The van der Waals surface area contributed by atoms with Gasteiger partial charge in [-0.05, 0) is 12.8 Å². The van der Waals surface area contributed by atoms with Crippen molar-refractivity contribution in [3.05, 3.63) is 22.5 Å². The van der Waals surface area contributed by atoms with Crippen molar-refractivity contribution < 1.29 is 9.90 Å². The first kappa shape index (κ1) is 10.5. The van der Waals surface area contributed by atoms with Gasteiger partial charge in [-0.3, -0.25) is 4.68 Å². The zero-order chi connectivity index (χ0) is 12.2. The molecule has 0 saturated heterocycles. The van der Waals surface area contributed by atoms with Crippen LogP contribution in [0.15, 0.2) is 6.20 Å². The summed E-state index contributed by atoms with van der Waals surface area (Å²) in [5.41, 5.74) is 1.55. The fourth-order valence-electron chi connectivity index (χ4n) is 2.00. The van der Waals surface area contributed by atoms with E-state index in [1.807, 2.05) is 0 Å². The van der Waals surface area contributed by atoms with Gasteiger partial charge >= 0.3 is 5.97 Å². The van der Waals surface area contributed by atoms with E-state index in [9.17, 15) is 4.79 Å². The minimum Gasteiger partial charge on any atom is -0.478 e. The molecule has 1 fully saturated rings. The molecule has 17 heavy (non-hydrogen) atoms. The molecule has 1 aliphatic rings. The van der Waals surface area contributed by atoms with Crippen LogP contribution in [0.2, 0.25) is 5.02 Å². The van der Waals surface area contributed by atoms with Crippen LogP contribution in [0, 0.1) is 0 Å². The molecule has 1 aliphatic carbocycles. The van der Waals surface area contributed by atoms with E-state index in [1.54, 1.807) is 11.7 Å². The number of carboxylic acids is 1. The molecule has 0 bridgehead atoms. The fraction of sp³-hybridized carbons (Fsp3) is 0.364. The molecule has 2 heterocycles. The third-order valence-electron chi connectivity index (χ3n) is 3.01. The van der Waals surface area contributed by atoms with Crippen molar-refractivity contribution in [2.24, 2.45) is 7.05 Å². The second kappa shape index (κ2) is 3.43. The number of hydrogen-bond donors (Lipinski definition) is 1. The average molecular weight is 252 g/mol. The second-order valence-corrected chi connectivity index (χ2v) is 4.65. The summed E-state index contributed by atoms with van der Waals surface area (Å²) >= 11 is 6.15. The molecule has 88 valence electrons. The maximum absolute atomic E-state index is 11.0. The second-order valence-electron chi connectivity index (χ2n) is 4.27. The van der Waals surface area contributed by atoms with Crippen molar-refractivity contribution in [2.75, 3.05) is 0 Å². The quantitative estimate of drug-likeness (QED) is 0.888. The number of nitrogens with zero attached hydrogens (tertiary/aromatic N) is 3. The highest BCUT2D eigenvalue weighted by Gasteiger charge is 2.31. The molecule has 5 nitrogen and oxygen atoms in total. The van der Waals surface area contributed by atoms with Crippen LogP contribution in [0.3, 0.4) is 0 Å². The predicted octanol–water partition coefficient (Wildman–Crippen LogP) is 2.20. The third kappa shape index (κ3) is 1.50. The van der Waals surface area contributed by atoms with Gasteiger partial charge in [-0.2, -0.15) is 5.10 Å². The Bertz CT molecular complexity index is 631. The molecule has 0 aliphatic heterocycles. The summed E-state index contributed by atoms with van der Waals surface area (Å²) in [6.45, 7) is 0. The molecule has 0 spiro atoms. The zero-order valence-corrected chi connectivity index (χ0v) is 9.90. The molecule has 0 radical (unpaired) electrons. The number of fused-ring (bicyclic) bond motifs is 1. The van der Waals surface area contributed by atoms with Crippen LogP contribution < -0.4 is 0 Å². The highest BCUT2D eigenvalue weighted by atomic mass is 35.5. The Labute approximate surface area is 102 Å². The lowest BCUT2D eigenvalue weighted by Crippen LogP contribution is -2.00. The summed E-state index contributed by atoms with van der Waals surface area (Å²) in [6.07, 6.45) is 3.45. The molecule has 0 amide bonds. The van der Waals surface area contributed by atoms with Gasteiger partial charge in [-0.1, -0.05) is 11.6 Å². The van der Waals surface area contributed by atoms with Crippen molar-refractivity contribution >= 4 is 28.6 Å². The normalized spacial score (nSPS) is 15.4. The van der Waals surface area contributed by atoms with Crippen LogP contribution in [-0.4, -0.2) is 25.8 Å². The smallest absolute Gasteiger partial charge is 0.338 e. The van der Waals surface area contributed by atoms with Crippen molar-refractivity contribution in [3.8, 4) is 0 Å². The number of halogens is 1. The Kier molecular flexibility index (Phi) is 2.13. The summed E-state index contributed by atoms with van der Waals surface area (Å²) in [5, 5.41) is 14.4. The first-order valence-electron chi connectivity index (χ1n) is 5.34. The van der Waals surface area contributed by atoms with E-state index in [0.717, 1.165) is 18.5 Å². The van der Waals surface area contributed by atoms with Crippen LogP contribution >= 0.6 is 11.6 Å². The first-order chi connectivity index (χ1) is 8.09. The SMILES string of the molecule is Cn1nc(C2CC2)c2c(Cl)c(C(=O)O)cnc21. The van der Waals surface area contributed by atoms with Crippen LogP contribution in [0.25, 0.3) is 11.0 Å². The summed E-state index contributed by atoms with van der Waals surface area (Å²) < 4.78 is 1.65. The molecule has 2 aromatic heterocycles. The van der Waals surface area contributed by atoms with E-state index in [0.29, 0.717) is 17.0 Å². The van der Waals surface area contributed by atoms with E-state index >= 15 is 0 Å². The minimum atomic E-state index is -1.06. The Morgan fingerprint density at radius 2 is 2.29 bits per heavy atom. The summed E-state index contributed by atoms with van der Waals surface area (Å²) in [4.78, 5) is 15.1. The Morgan fingerprint density at radius 3 is 2.88 bits per heavy atom. The van der Waals surface area contributed by atoms with Crippen LogP contribution in [0.1, 0.15) is 34.8 Å². The zero-order valence-electron chi connectivity index (χ0n) is 9.14. The lowest BCUT2D eigenvalue weighted by Gasteiger charge is -2.01. The number of aromatic carboxylic acids is 1. The van der Waals surface area contributed by atoms with E-state index in [-0.39, 0.29) is 10.6 Å². The number of pyridine rings is 1. The van der Waals surface area contributed by atoms with Crippen molar-refractivity contribution in [3.63, 3.8) is 0 Å². The van der Waals surface area contributed by atoms with E-state index in [4.69, 9.17) is 16.7 Å². The Morgan fingerprint density at radius 1 is 1.59 bits per heavy atom. The maximum Gasteiger partial charge on any atom is 0.338 e. The third-order valence-corrected chi connectivity index (χ3v) is 3.40. The molecular formula is C11H10ClN3O2. The molecule has 2 aromatic rings. The summed E-state index contributed by atoms with van der Waals surface area (Å²) in [7, 11) is 1.79. The molecule has 0 aromatic carbocycles. The fourth-order valence-corrected chi connectivity index (χ4v) is 2.31. The number of carbonyl (C=O) groups is 1. The van der Waals surface area contributed by atoms with Gasteiger partial charge < -0.3 is 5.11 Å². The number of hydrogen-bond acceptors (Lipinski definition) is 3. The largest absolute Gasteiger partial charge is 0.478 e. The van der Waals surface area contributed by atoms with Gasteiger partial charge in [0.1, 0.15) is 0 Å². The Hall–Kier alpha value is -1.62. The molecule has 6 heteroatoms. The van der Waals surface area contributed by atoms with E-state index in [1.165, 1.54) is 6.20 Å². The average Bonchev–Trinajstić information content (AvgIpc) is 3.05. The summed E-state index contributed by atoms with van der Waals surface area (Å²) in [5.74, 6) is -0.656. The van der Waals surface area contributed by atoms with Crippen LogP contribution in [-0.2, 0) is 7.05 Å². The highest BCUT2D eigenvalue weighted by Crippen LogP contribution is 2.44. The van der Waals surface area contributed by atoms with Gasteiger partial charge in [0.25, 0.3) is 0 Å². The van der Waals surface area contributed by atoms with Crippen molar-refractivity contribution in [1.29, 1.82) is 0 Å². The molecular weight excluding hydrogens is 242 g/mol. The van der Waals surface area contributed by atoms with Gasteiger partial charge in [-0.15, -0.1) is 0 Å². The van der Waals surface area contributed by atoms with Crippen LogP contribution in [0.5, 0.6) is 0 Å². The maximum atomic E-state index is 11.0. The van der Waals surface area contributed by atoms with Gasteiger partial charge in [0.2, 0.25) is 0 Å². The standard InChI is InChI=1S/C11H10ClN3O2/c1-15-10-7(9(14-15)5-2-3-5)8(12)6(4-13-10)11(16)17/h4-5H,2-3H2,1H3,(H,16,17). The number of aromatic nitrogens is 3. The predicted molar refractivity (Wildman–Crippen MR) is 62.5 cm³/mol. The minimum absolute atomic E-state index is 0.0362. The lowest BCUT2D eigenvalue weighted by atomic mass is 10.1.